The van der Waals surface area contributed by atoms with E-state index in [1.165, 1.54) is 0 Å². The van der Waals surface area contributed by atoms with Crippen LogP contribution >= 0.6 is 0 Å². The number of anilines is 1. The summed E-state index contributed by atoms with van der Waals surface area (Å²) < 4.78 is 5.25. The Morgan fingerprint density at radius 1 is 1.12 bits per heavy atom. The SMILES string of the molecule is Cc1ccc2c(c1)/C(=N\C(=O)OC(C)(C)C)C(=O)N2Cc1ccccc1. The zero-order valence-electron chi connectivity index (χ0n) is 15.4. The van der Waals surface area contributed by atoms with Crippen LogP contribution in [0, 0.1) is 6.92 Å². The van der Waals surface area contributed by atoms with E-state index in [-0.39, 0.29) is 11.6 Å². The number of rotatable bonds is 2. The van der Waals surface area contributed by atoms with Gasteiger partial charge in [0.2, 0.25) is 0 Å². The van der Waals surface area contributed by atoms with Gasteiger partial charge in [-0.3, -0.25) is 4.79 Å². The molecule has 0 N–H and O–H groups in total. The Balaban J connectivity index is 1.98. The number of aryl methyl sites for hydroxylation is 1. The number of fused-ring (bicyclic) bond motifs is 1. The van der Waals surface area contributed by atoms with Gasteiger partial charge in [-0.1, -0.05) is 42.0 Å². The molecule has 2 aromatic carbocycles. The smallest absolute Gasteiger partial charge is 0.434 e. The summed E-state index contributed by atoms with van der Waals surface area (Å²) in [5.74, 6) is -0.291. The number of ether oxygens (including phenoxy) is 1. The molecule has 1 heterocycles. The summed E-state index contributed by atoms with van der Waals surface area (Å²) in [5, 5.41) is 0. The molecule has 0 bridgehead atoms. The van der Waals surface area contributed by atoms with Crippen molar-refractivity contribution in [3.05, 3.63) is 65.2 Å². The van der Waals surface area contributed by atoms with E-state index in [4.69, 9.17) is 4.74 Å². The molecule has 0 saturated carbocycles. The molecule has 0 fully saturated rings. The average Bonchev–Trinajstić information content (AvgIpc) is 2.79. The second-order valence-electron chi connectivity index (χ2n) is 7.34. The van der Waals surface area contributed by atoms with Gasteiger partial charge in [-0.05, 0) is 45.4 Å². The van der Waals surface area contributed by atoms with Crippen molar-refractivity contribution in [2.24, 2.45) is 4.99 Å². The molecular weight excluding hydrogens is 328 g/mol. The van der Waals surface area contributed by atoms with Crippen LogP contribution in [0.15, 0.2) is 53.5 Å². The lowest BCUT2D eigenvalue weighted by atomic mass is 10.1. The van der Waals surface area contributed by atoms with E-state index in [1.54, 1.807) is 25.7 Å². The van der Waals surface area contributed by atoms with Crippen molar-refractivity contribution in [3.8, 4) is 0 Å². The highest BCUT2D eigenvalue weighted by molar-refractivity contribution is 6.55. The molecule has 5 heteroatoms. The first-order valence-electron chi connectivity index (χ1n) is 8.53. The van der Waals surface area contributed by atoms with Crippen molar-refractivity contribution in [1.82, 2.24) is 0 Å². The molecule has 2 amide bonds. The predicted octanol–water partition coefficient (Wildman–Crippen LogP) is 4.27. The number of carbonyl (C=O) groups is 2. The fourth-order valence-corrected chi connectivity index (χ4v) is 2.83. The summed E-state index contributed by atoms with van der Waals surface area (Å²) in [6.07, 6.45) is -0.755. The zero-order chi connectivity index (χ0) is 18.9. The van der Waals surface area contributed by atoms with Gasteiger partial charge >= 0.3 is 6.09 Å². The summed E-state index contributed by atoms with van der Waals surface area (Å²) >= 11 is 0. The minimum atomic E-state index is -0.755. The van der Waals surface area contributed by atoms with Gasteiger partial charge in [-0.25, -0.2) is 4.79 Å². The molecule has 1 aliphatic rings. The van der Waals surface area contributed by atoms with Crippen LogP contribution in [0.4, 0.5) is 10.5 Å². The Labute approximate surface area is 153 Å². The Kier molecular flexibility index (Phi) is 4.64. The van der Waals surface area contributed by atoms with E-state index >= 15 is 0 Å². The van der Waals surface area contributed by atoms with Crippen molar-refractivity contribution >= 4 is 23.4 Å². The van der Waals surface area contributed by atoms with Crippen molar-refractivity contribution in [2.45, 2.75) is 39.8 Å². The molecule has 0 saturated heterocycles. The van der Waals surface area contributed by atoms with E-state index < -0.39 is 11.7 Å². The first kappa shape index (κ1) is 17.9. The van der Waals surface area contributed by atoms with Crippen LogP contribution in [0.5, 0.6) is 0 Å². The van der Waals surface area contributed by atoms with Crippen LogP contribution in [-0.2, 0) is 16.1 Å². The molecule has 0 aliphatic carbocycles. The Hall–Kier alpha value is -2.95. The third-order valence-electron chi connectivity index (χ3n) is 3.93. The lowest BCUT2D eigenvalue weighted by Crippen LogP contribution is -2.30. The van der Waals surface area contributed by atoms with Crippen LogP contribution in [-0.4, -0.2) is 23.3 Å². The van der Waals surface area contributed by atoms with E-state index in [1.807, 2.05) is 55.5 Å². The zero-order valence-corrected chi connectivity index (χ0v) is 15.4. The molecule has 134 valence electrons. The Morgan fingerprint density at radius 3 is 2.46 bits per heavy atom. The number of carbonyl (C=O) groups excluding carboxylic acids is 2. The Bertz CT molecular complexity index is 880. The van der Waals surface area contributed by atoms with Gasteiger partial charge in [-0.15, -0.1) is 0 Å². The highest BCUT2D eigenvalue weighted by Gasteiger charge is 2.35. The molecule has 26 heavy (non-hydrogen) atoms. The van der Waals surface area contributed by atoms with Crippen molar-refractivity contribution in [2.75, 3.05) is 4.90 Å². The van der Waals surface area contributed by atoms with E-state index in [0.29, 0.717) is 12.1 Å². The quantitative estimate of drug-likeness (QED) is 0.813. The standard InChI is InChI=1S/C21H22N2O3/c1-14-10-11-17-16(12-14)18(22-20(25)26-21(2,3)4)19(24)23(17)13-15-8-6-5-7-9-15/h5-12H,13H2,1-4H3/b22-18+. The molecule has 0 radical (unpaired) electrons. The van der Waals surface area contributed by atoms with Crippen LogP contribution in [0.1, 0.15) is 37.5 Å². The normalized spacial score (nSPS) is 15.3. The molecule has 1 aliphatic heterocycles. The highest BCUT2D eigenvalue weighted by Crippen LogP contribution is 2.32. The van der Waals surface area contributed by atoms with Gasteiger partial charge in [0.1, 0.15) is 11.3 Å². The minimum Gasteiger partial charge on any atom is -0.442 e. The maximum Gasteiger partial charge on any atom is 0.434 e. The molecule has 0 atom stereocenters. The first-order valence-corrected chi connectivity index (χ1v) is 8.53. The molecule has 5 nitrogen and oxygen atoms in total. The van der Waals surface area contributed by atoms with Crippen molar-refractivity contribution in [1.29, 1.82) is 0 Å². The fourth-order valence-electron chi connectivity index (χ4n) is 2.83. The summed E-state index contributed by atoms with van der Waals surface area (Å²) in [5.41, 5.74) is 2.89. The average molecular weight is 350 g/mol. The third-order valence-corrected chi connectivity index (χ3v) is 3.93. The number of hydrogen-bond acceptors (Lipinski definition) is 3. The number of amides is 2. The maximum atomic E-state index is 13.0. The number of hydrogen-bond donors (Lipinski definition) is 0. The van der Waals surface area contributed by atoms with Gasteiger partial charge in [0.15, 0.2) is 0 Å². The van der Waals surface area contributed by atoms with Crippen molar-refractivity contribution in [3.63, 3.8) is 0 Å². The number of aliphatic imine (C=N–C) groups is 1. The first-order chi connectivity index (χ1) is 12.2. The fraction of sp³-hybridized carbons (Fsp3) is 0.286. The molecule has 2 aromatic rings. The predicted molar refractivity (Wildman–Crippen MR) is 102 cm³/mol. The second-order valence-corrected chi connectivity index (χ2v) is 7.34. The van der Waals surface area contributed by atoms with Crippen LogP contribution in [0.3, 0.4) is 0 Å². The van der Waals surface area contributed by atoms with Gasteiger partial charge in [0.05, 0.1) is 12.2 Å². The summed E-state index contributed by atoms with van der Waals surface area (Å²) in [4.78, 5) is 30.7. The monoisotopic (exact) mass is 350 g/mol. The number of benzene rings is 2. The summed E-state index contributed by atoms with van der Waals surface area (Å²) in [6.45, 7) is 7.66. The van der Waals surface area contributed by atoms with E-state index in [9.17, 15) is 9.59 Å². The van der Waals surface area contributed by atoms with Gasteiger partial charge in [0, 0.05) is 5.56 Å². The molecule has 0 spiro atoms. The van der Waals surface area contributed by atoms with Crippen LogP contribution in [0.25, 0.3) is 0 Å². The van der Waals surface area contributed by atoms with Gasteiger partial charge in [-0.2, -0.15) is 4.99 Å². The lowest BCUT2D eigenvalue weighted by Gasteiger charge is -2.17. The summed E-state index contributed by atoms with van der Waals surface area (Å²) in [6, 6.07) is 15.4. The number of nitrogens with zero attached hydrogens (tertiary/aromatic N) is 2. The van der Waals surface area contributed by atoms with Gasteiger partial charge in [0.25, 0.3) is 5.91 Å². The van der Waals surface area contributed by atoms with Crippen LogP contribution < -0.4 is 4.90 Å². The molecule has 0 unspecified atom stereocenters. The molecule has 0 aromatic heterocycles. The van der Waals surface area contributed by atoms with E-state index in [0.717, 1.165) is 16.8 Å². The van der Waals surface area contributed by atoms with Crippen molar-refractivity contribution < 1.29 is 14.3 Å². The van der Waals surface area contributed by atoms with Gasteiger partial charge < -0.3 is 9.64 Å². The van der Waals surface area contributed by atoms with Crippen LogP contribution in [0.2, 0.25) is 0 Å². The minimum absolute atomic E-state index is 0.133. The highest BCUT2D eigenvalue weighted by atomic mass is 16.6. The summed E-state index contributed by atoms with van der Waals surface area (Å²) in [7, 11) is 0. The Morgan fingerprint density at radius 2 is 1.81 bits per heavy atom. The third kappa shape index (κ3) is 3.82. The molecular formula is C21H22N2O3. The maximum absolute atomic E-state index is 13.0. The topological polar surface area (TPSA) is 59.0 Å². The lowest BCUT2D eigenvalue weighted by molar-refractivity contribution is -0.112. The second kappa shape index (κ2) is 6.75. The van der Waals surface area contributed by atoms with E-state index in [2.05, 4.69) is 4.99 Å². The largest absolute Gasteiger partial charge is 0.442 e. The molecule has 3 rings (SSSR count).